The van der Waals surface area contributed by atoms with Gasteiger partial charge in [0.15, 0.2) is 0 Å². The minimum Gasteiger partial charge on any atom is -0.481 e. The Hall–Kier alpha value is -0.570. The summed E-state index contributed by atoms with van der Waals surface area (Å²) in [6, 6.07) is 0. The SMILES string of the molecule is CCCCCN1CCC(C)(CC(=O)O)C1. The molecule has 0 aromatic rings. The summed E-state index contributed by atoms with van der Waals surface area (Å²) in [7, 11) is 0. The molecule has 3 nitrogen and oxygen atoms in total. The molecule has 3 heteroatoms. The summed E-state index contributed by atoms with van der Waals surface area (Å²) < 4.78 is 0. The second kappa shape index (κ2) is 5.50. The summed E-state index contributed by atoms with van der Waals surface area (Å²) in [5.41, 5.74) is 0.0120. The zero-order valence-electron chi connectivity index (χ0n) is 9.96. The number of carbonyl (C=O) groups is 1. The molecule has 1 saturated heterocycles. The Morgan fingerprint density at radius 2 is 2.20 bits per heavy atom. The molecule has 1 aliphatic rings. The fraction of sp³-hybridized carbons (Fsp3) is 0.917. The first kappa shape index (κ1) is 12.5. The summed E-state index contributed by atoms with van der Waals surface area (Å²) in [6.45, 7) is 7.49. The average Bonchev–Trinajstić information content (AvgIpc) is 2.46. The monoisotopic (exact) mass is 213 g/mol. The highest BCUT2D eigenvalue weighted by Gasteiger charge is 2.35. The van der Waals surface area contributed by atoms with Crippen LogP contribution in [0.25, 0.3) is 0 Å². The van der Waals surface area contributed by atoms with Crippen molar-refractivity contribution >= 4 is 5.97 Å². The normalized spacial score (nSPS) is 27.1. The van der Waals surface area contributed by atoms with Gasteiger partial charge in [0.1, 0.15) is 0 Å². The van der Waals surface area contributed by atoms with E-state index in [9.17, 15) is 4.79 Å². The van der Waals surface area contributed by atoms with Crippen LogP contribution in [0, 0.1) is 5.41 Å². The van der Waals surface area contributed by atoms with Crippen LogP contribution in [-0.2, 0) is 4.79 Å². The first-order valence-corrected chi connectivity index (χ1v) is 6.00. The van der Waals surface area contributed by atoms with Crippen molar-refractivity contribution in [1.82, 2.24) is 4.90 Å². The molecular formula is C12H23NO2. The Morgan fingerprint density at radius 1 is 1.47 bits per heavy atom. The van der Waals surface area contributed by atoms with Gasteiger partial charge in [-0.25, -0.2) is 0 Å². The number of carboxylic acids is 1. The molecule has 1 N–H and O–H groups in total. The van der Waals surface area contributed by atoms with Gasteiger partial charge in [0.2, 0.25) is 0 Å². The molecule has 1 aliphatic heterocycles. The van der Waals surface area contributed by atoms with E-state index in [1.807, 2.05) is 0 Å². The van der Waals surface area contributed by atoms with Crippen molar-refractivity contribution in [2.24, 2.45) is 5.41 Å². The molecular weight excluding hydrogens is 190 g/mol. The molecule has 0 amide bonds. The van der Waals surface area contributed by atoms with E-state index in [2.05, 4.69) is 18.7 Å². The number of carboxylic acid groups (broad SMARTS) is 1. The Morgan fingerprint density at radius 3 is 2.80 bits per heavy atom. The highest BCUT2D eigenvalue weighted by atomic mass is 16.4. The molecule has 0 spiro atoms. The van der Waals surface area contributed by atoms with Gasteiger partial charge < -0.3 is 10.0 Å². The van der Waals surface area contributed by atoms with Crippen LogP contribution in [0.1, 0.15) is 46.0 Å². The number of unbranched alkanes of at least 4 members (excludes halogenated alkanes) is 2. The maximum atomic E-state index is 10.7. The van der Waals surface area contributed by atoms with Crippen molar-refractivity contribution < 1.29 is 9.90 Å². The predicted octanol–water partition coefficient (Wildman–Crippen LogP) is 2.36. The van der Waals surface area contributed by atoms with Gasteiger partial charge in [-0.3, -0.25) is 4.79 Å². The third kappa shape index (κ3) is 4.20. The molecule has 0 radical (unpaired) electrons. The van der Waals surface area contributed by atoms with E-state index in [0.29, 0.717) is 6.42 Å². The van der Waals surface area contributed by atoms with Crippen LogP contribution < -0.4 is 0 Å². The Bertz CT molecular complexity index is 218. The molecule has 1 atom stereocenters. The summed E-state index contributed by atoms with van der Waals surface area (Å²) in [5.74, 6) is -0.659. The quantitative estimate of drug-likeness (QED) is 0.689. The standard InChI is InChI=1S/C12H23NO2/c1-3-4-5-7-13-8-6-12(2,10-13)9-11(14)15/h3-10H2,1-2H3,(H,14,15). The van der Waals surface area contributed by atoms with Crippen molar-refractivity contribution in [2.45, 2.75) is 46.0 Å². The second-order valence-corrected chi connectivity index (χ2v) is 5.11. The smallest absolute Gasteiger partial charge is 0.303 e. The summed E-state index contributed by atoms with van der Waals surface area (Å²) in [5, 5.41) is 8.82. The van der Waals surface area contributed by atoms with Gasteiger partial charge >= 0.3 is 5.97 Å². The van der Waals surface area contributed by atoms with E-state index < -0.39 is 5.97 Å². The first-order chi connectivity index (χ1) is 7.06. The van der Waals surface area contributed by atoms with Crippen LogP contribution in [-0.4, -0.2) is 35.6 Å². The summed E-state index contributed by atoms with van der Waals surface area (Å²) in [6.07, 6.45) is 5.13. The van der Waals surface area contributed by atoms with Crippen molar-refractivity contribution in [2.75, 3.05) is 19.6 Å². The van der Waals surface area contributed by atoms with E-state index in [4.69, 9.17) is 5.11 Å². The number of rotatable bonds is 6. The number of aliphatic carboxylic acids is 1. The summed E-state index contributed by atoms with van der Waals surface area (Å²) in [4.78, 5) is 13.1. The van der Waals surface area contributed by atoms with Crippen LogP contribution >= 0.6 is 0 Å². The number of nitrogens with zero attached hydrogens (tertiary/aromatic N) is 1. The zero-order chi connectivity index (χ0) is 11.3. The Balaban J connectivity index is 2.27. The van der Waals surface area contributed by atoms with Crippen molar-refractivity contribution in [3.8, 4) is 0 Å². The van der Waals surface area contributed by atoms with E-state index in [-0.39, 0.29) is 5.41 Å². The lowest BCUT2D eigenvalue weighted by Crippen LogP contribution is -2.27. The maximum absolute atomic E-state index is 10.7. The van der Waals surface area contributed by atoms with Crippen molar-refractivity contribution in [1.29, 1.82) is 0 Å². The molecule has 0 aromatic carbocycles. The fourth-order valence-corrected chi connectivity index (χ4v) is 2.41. The molecule has 88 valence electrons. The maximum Gasteiger partial charge on any atom is 0.303 e. The molecule has 1 heterocycles. The van der Waals surface area contributed by atoms with Gasteiger partial charge in [0, 0.05) is 6.54 Å². The Labute approximate surface area is 92.5 Å². The van der Waals surface area contributed by atoms with Gasteiger partial charge in [0.05, 0.1) is 6.42 Å². The molecule has 1 rings (SSSR count). The Kier molecular flexibility index (Phi) is 4.58. The van der Waals surface area contributed by atoms with Gasteiger partial charge in [-0.2, -0.15) is 0 Å². The van der Waals surface area contributed by atoms with E-state index >= 15 is 0 Å². The largest absolute Gasteiger partial charge is 0.481 e. The number of likely N-dealkylation sites (tertiary alicyclic amines) is 1. The van der Waals surface area contributed by atoms with E-state index in [0.717, 1.165) is 26.1 Å². The topological polar surface area (TPSA) is 40.5 Å². The van der Waals surface area contributed by atoms with Gasteiger partial charge in [-0.15, -0.1) is 0 Å². The second-order valence-electron chi connectivity index (χ2n) is 5.11. The molecule has 0 saturated carbocycles. The lowest BCUT2D eigenvalue weighted by atomic mass is 9.86. The average molecular weight is 213 g/mol. The third-order valence-electron chi connectivity index (χ3n) is 3.29. The molecule has 15 heavy (non-hydrogen) atoms. The lowest BCUT2D eigenvalue weighted by Gasteiger charge is -2.22. The number of hydrogen-bond acceptors (Lipinski definition) is 2. The van der Waals surface area contributed by atoms with Crippen LogP contribution in [0.2, 0.25) is 0 Å². The van der Waals surface area contributed by atoms with Crippen LogP contribution in [0.5, 0.6) is 0 Å². The minimum absolute atomic E-state index is 0.0120. The van der Waals surface area contributed by atoms with Crippen molar-refractivity contribution in [3.05, 3.63) is 0 Å². The third-order valence-corrected chi connectivity index (χ3v) is 3.29. The predicted molar refractivity (Wildman–Crippen MR) is 60.9 cm³/mol. The minimum atomic E-state index is -0.659. The van der Waals surface area contributed by atoms with Crippen molar-refractivity contribution in [3.63, 3.8) is 0 Å². The zero-order valence-corrected chi connectivity index (χ0v) is 9.96. The van der Waals surface area contributed by atoms with Gasteiger partial charge in [-0.1, -0.05) is 26.7 Å². The molecule has 0 aromatic heterocycles. The highest BCUT2D eigenvalue weighted by Crippen LogP contribution is 2.33. The summed E-state index contributed by atoms with van der Waals surface area (Å²) >= 11 is 0. The fourth-order valence-electron chi connectivity index (χ4n) is 2.41. The van der Waals surface area contributed by atoms with E-state index in [1.54, 1.807) is 0 Å². The van der Waals surface area contributed by atoms with Gasteiger partial charge in [-0.05, 0) is 31.3 Å². The molecule has 0 bridgehead atoms. The lowest BCUT2D eigenvalue weighted by molar-refractivity contribution is -0.139. The first-order valence-electron chi connectivity index (χ1n) is 6.00. The molecule has 1 fully saturated rings. The number of hydrogen-bond donors (Lipinski definition) is 1. The molecule has 0 aliphatic carbocycles. The highest BCUT2D eigenvalue weighted by molar-refractivity contribution is 5.67. The van der Waals surface area contributed by atoms with Crippen LogP contribution in [0.15, 0.2) is 0 Å². The van der Waals surface area contributed by atoms with Gasteiger partial charge in [0.25, 0.3) is 0 Å². The van der Waals surface area contributed by atoms with Crippen LogP contribution in [0.4, 0.5) is 0 Å². The van der Waals surface area contributed by atoms with E-state index in [1.165, 1.54) is 19.3 Å². The molecule has 1 unspecified atom stereocenters. The van der Waals surface area contributed by atoms with Crippen LogP contribution in [0.3, 0.4) is 0 Å².